The lowest BCUT2D eigenvalue weighted by Crippen LogP contribution is -2.44. The van der Waals surface area contributed by atoms with Crippen LogP contribution in [0.4, 0.5) is 11.5 Å². The van der Waals surface area contributed by atoms with Gasteiger partial charge in [0, 0.05) is 24.3 Å². The molecular weight excluding hydrogens is 304 g/mol. The number of morpholine rings is 1. The van der Waals surface area contributed by atoms with E-state index in [1.807, 2.05) is 41.3 Å². The molecule has 2 aromatic rings. The molecule has 1 N–H and O–H groups in total. The Bertz CT molecular complexity index is 718. The van der Waals surface area contributed by atoms with E-state index in [-0.39, 0.29) is 17.9 Å². The predicted molar refractivity (Wildman–Crippen MR) is 89.8 cm³/mol. The lowest BCUT2D eigenvalue weighted by Gasteiger charge is -2.34. The van der Waals surface area contributed by atoms with E-state index in [2.05, 4.69) is 15.3 Å². The lowest BCUT2D eigenvalue weighted by atomic mass is 10.2. The fraction of sp³-hybridized carbons (Fsp3) is 0.389. The van der Waals surface area contributed by atoms with E-state index < -0.39 is 0 Å². The summed E-state index contributed by atoms with van der Waals surface area (Å²) in [4.78, 5) is 23.4. The summed E-state index contributed by atoms with van der Waals surface area (Å²) in [5.74, 6) is 1.75. The zero-order valence-electron chi connectivity index (χ0n) is 13.4. The van der Waals surface area contributed by atoms with Crippen LogP contribution < -0.4 is 5.32 Å². The summed E-state index contributed by atoms with van der Waals surface area (Å²) in [6.45, 7) is 1.64. The van der Waals surface area contributed by atoms with E-state index in [0.717, 1.165) is 24.3 Å². The van der Waals surface area contributed by atoms with Gasteiger partial charge in [0.15, 0.2) is 5.82 Å². The highest BCUT2D eigenvalue weighted by atomic mass is 16.5. The number of benzene rings is 1. The fourth-order valence-corrected chi connectivity index (χ4v) is 2.92. The number of nitrogens with one attached hydrogen (secondary N) is 1. The zero-order valence-corrected chi connectivity index (χ0v) is 13.4. The molecule has 124 valence electrons. The Morgan fingerprint density at radius 1 is 1.21 bits per heavy atom. The highest BCUT2D eigenvalue weighted by Gasteiger charge is 2.39. The van der Waals surface area contributed by atoms with Gasteiger partial charge in [0.25, 0.3) is 0 Å². The lowest BCUT2D eigenvalue weighted by molar-refractivity contribution is -0.141. The van der Waals surface area contributed by atoms with Crippen LogP contribution in [0, 0.1) is 5.92 Å². The van der Waals surface area contributed by atoms with Crippen molar-refractivity contribution in [3.63, 3.8) is 0 Å². The van der Waals surface area contributed by atoms with Crippen LogP contribution in [0.2, 0.25) is 0 Å². The summed E-state index contributed by atoms with van der Waals surface area (Å²) in [6.07, 6.45) is 3.72. The number of ether oxygens (including phenoxy) is 1. The minimum atomic E-state index is -0.204. The van der Waals surface area contributed by atoms with E-state index in [4.69, 9.17) is 4.74 Å². The predicted octanol–water partition coefficient (Wildman–Crippen LogP) is 2.53. The summed E-state index contributed by atoms with van der Waals surface area (Å²) in [5.41, 5.74) is 0.966. The van der Waals surface area contributed by atoms with Crippen molar-refractivity contribution in [3.05, 3.63) is 48.4 Å². The summed E-state index contributed by atoms with van der Waals surface area (Å²) in [5, 5.41) is 3.27. The van der Waals surface area contributed by atoms with Gasteiger partial charge < -0.3 is 15.0 Å². The third kappa shape index (κ3) is 3.23. The van der Waals surface area contributed by atoms with Gasteiger partial charge in [0.2, 0.25) is 5.91 Å². The standard InChI is InChI=1S/C18H20N4O2/c23-18(13-6-7-13)22-10-11-24-12-15(22)17-19-9-8-16(21-17)20-14-4-2-1-3-5-14/h1-5,8-9,13,15H,6-7,10-12H2,(H,19,20,21)/t15-/m0/s1. The van der Waals surface area contributed by atoms with E-state index in [0.29, 0.717) is 25.6 Å². The van der Waals surface area contributed by atoms with Crippen molar-refractivity contribution in [2.45, 2.75) is 18.9 Å². The van der Waals surface area contributed by atoms with Gasteiger partial charge in [-0.2, -0.15) is 0 Å². The van der Waals surface area contributed by atoms with Crippen LogP contribution in [-0.4, -0.2) is 40.5 Å². The van der Waals surface area contributed by atoms with Gasteiger partial charge in [-0.15, -0.1) is 0 Å². The SMILES string of the molecule is O=C(C1CC1)N1CCOC[C@H]1c1nccc(Nc2ccccc2)n1. The monoisotopic (exact) mass is 324 g/mol. The second-order valence-corrected chi connectivity index (χ2v) is 6.19. The molecule has 1 aromatic carbocycles. The van der Waals surface area contributed by atoms with Gasteiger partial charge in [0.05, 0.1) is 13.2 Å². The maximum Gasteiger partial charge on any atom is 0.226 e. The highest BCUT2D eigenvalue weighted by Crippen LogP contribution is 2.34. The first-order chi connectivity index (χ1) is 11.8. The van der Waals surface area contributed by atoms with Gasteiger partial charge in [-0.3, -0.25) is 4.79 Å². The molecule has 1 amide bonds. The second kappa shape index (κ2) is 6.57. The first-order valence-electron chi connectivity index (χ1n) is 8.34. The van der Waals surface area contributed by atoms with E-state index >= 15 is 0 Å². The number of nitrogens with zero attached hydrogens (tertiary/aromatic N) is 3. The van der Waals surface area contributed by atoms with Crippen LogP contribution in [0.5, 0.6) is 0 Å². The molecule has 1 aliphatic heterocycles. The largest absolute Gasteiger partial charge is 0.377 e. The zero-order chi connectivity index (χ0) is 16.4. The molecule has 6 heteroatoms. The number of anilines is 2. The normalized spacial score (nSPS) is 20.7. The molecule has 24 heavy (non-hydrogen) atoms. The van der Waals surface area contributed by atoms with Crippen LogP contribution in [0.25, 0.3) is 0 Å². The fourth-order valence-electron chi connectivity index (χ4n) is 2.92. The Morgan fingerprint density at radius 2 is 2.04 bits per heavy atom. The van der Waals surface area contributed by atoms with Gasteiger partial charge in [-0.25, -0.2) is 9.97 Å². The molecule has 2 aliphatic rings. The van der Waals surface area contributed by atoms with Crippen molar-refractivity contribution in [2.75, 3.05) is 25.1 Å². The van der Waals surface area contributed by atoms with Crippen molar-refractivity contribution in [1.29, 1.82) is 0 Å². The molecule has 1 atom stereocenters. The van der Waals surface area contributed by atoms with Crippen LogP contribution in [0.3, 0.4) is 0 Å². The number of carbonyl (C=O) groups is 1. The summed E-state index contributed by atoms with van der Waals surface area (Å²) < 4.78 is 5.58. The molecule has 2 fully saturated rings. The Kier molecular flexibility index (Phi) is 4.13. The molecular formula is C18H20N4O2. The third-order valence-electron chi connectivity index (χ3n) is 4.36. The molecule has 0 radical (unpaired) electrons. The average Bonchev–Trinajstić information content (AvgIpc) is 3.47. The number of rotatable bonds is 4. The minimum Gasteiger partial charge on any atom is -0.377 e. The first kappa shape index (κ1) is 15.1. The second-order valence-electron chi connectivity index (χ2n) is 6.19. The maximum absolute atomic E-state index is 12.5. The van der Waals surface area contributed by atoms with Crippen molar-refractivity contribution >= 4 is 17.4 Å². The molecule has 4 rings (SSSR count). The number of para-hydroxylation sites is 1. The van der Waals surface area contributed by atoms with Crippen molar-refractivity contribution in [2.24, 2.45) is 5.92 Å². The van der Waals surface area contributed by atoms with Crippen LogP contribution >= 0.6 is 0 Å². The average molecular weight is 324 g/mol. The first-order valence-corrected chi connectivity index (χ1v) is 8.34. The van der Waals surface area contributed by atoms with Gasteiger partial charge in [-0.1, -0.05) is 18.2 Å². The molecule has 2 heterocycles. The van der Waals surface area contributed by atoms with Crippen LogP contribution in [0.15, 0.2) is 42.6 Å². The number of hydrogen-bond donors (Lipinski definition) is 1. The molecule has 0 unspecified atom stereocenters. The van der Waals surface area contributed by atoms with Crippen LogP contribution in [-0.2, 0) is 9.53 Å². The Morgan fingerprint density at radius 3 is 2.83 bits per heavy atom. The van der Waals surface area contributed by atoms with Crippen molar-refractivity contribution < 1.29 is 9.53 Å². The van der Waals surface area contributed by atoms with Gasteiger partial charge >= 0.3 is 0 Å². The van der Waals surface area contributed by atoms with E-state index in [1.165, 1.54) is 0 Å². The van der Waals surface area contributed by atoms with Gasteiger partial charge in [0.1, 0.15) is 11.9 Å². The Hall–Kier alpha value is -2.47. The van der Waals surface area contributed by atoms with E-state index in [1.54, 1.807) is 6.20 Å². The molecule has 1 aromatic heterocycles. The smallest absolute Gasteiger partial charge is 0.226 e. The van der Waals surface area contributed by atoms with Gasteiger partial charge in [-0.05, 0) is 31.0 Å². The molecule has 0 spiro atoms. The summed E-state index contributed by atoms with van der Waals surface area (Å²) in [6, 6.07) is 11.5. The summed E-state index contributed by atoms with van der Waals surface area (Å²) >= 11 is 0. The number of amides is 1. The molecule has 1 saturated heterocycles. The van der Waals surface area contributed by atoms with Crippen LogP contribution in [0.1, 0.15) is 24.7 Å². The topological polar surface area (TPSA) is 67.4 Å². The van der Waals surface area contributed by atoms with E-state index in [9.17, 15) is 4.79 Å². The Labute approximate surface area is 140 Å². The molecule has 6 nitrogen and oxygen atoms in total. The molecule has 1 aliphatic carbocycles. The third-order valence-corrected chi connectivity index (χ3v) is 4.36. The molecule has 1 saturated carbocycles. The maximum atomic E-state index is 12.5. The van der Waals surface area contributed by atoms with Crippen molar-refractivity contribution in [1.82, 2.24) is 14.9 Å². The number of carbonyl (C=O) groups excluding carboxylic acids is 1. The number of aromatic nitrogens is 2. The highest BCUT2D eigenvalue weighted by molar-refractivity contribution is 5.81. The summed E-state index contributed by atoms with van der Waals surface area (Å²) in [7, 11) is 0. The molecule has 0 bridgehead atoms. The number of hydrogen-bond acceptors (Lipinski definition) is 5. The van der Waals surface area contributed by atoms with Crippen molar-refractivity contribution in [3.8, 4) is 0 Å². The minimum absolute atomic E-state index is 0.191. The Balaban J connectivity index is 1.55. The quantitative estimate of drug-likeness (QED) is 0.936.